The Hall–Kier alpha value is 0.866. The van der Waals surface area contributed by atoms with E-state index < -0.39 is 11.9 Å². The van der Waals surface area contributed by atoms with Crippen LogP contribution in [-0.2, 0) is 9.59 Å². The Bertz CT molecular complexity index is 102. The quantitative estimate of drug-likeness (QED) is 0.606. The van der Waals surface area contributed by atoms with Crippen LogP contribution in [0.5, 0.6) is 0 Å². The molecule has 4 nitrogen and oxygen atoms in total. The standard InChI is InChI=1S/C4H6O4.ClH.K.H/c5-3(6)1-2-4(7)8;;;/h1-2H2,(H,5,6)(H,7,8);1H;;. The van der Waals surface area contributed by atoms with E-state index in [0.29, 0.717) is 0 Å². The van der Waals surface area contributed by atoms with Crippen molar-refractivity contribution in [2.24, 2.45) is 0 Å². The monoisotopic (exact) mass is 194 g/mol. The summed E-state index contributed by atoms with van der Waals surface area (Å²) in [7, 11) is 0. The van der Waals surface area contributed by atoms with Crippen LogP contribution in [0, 0.1) is 0 Å². The molecule has 0 aliphatic rings. The van der Waals surface area contributed by atoms with Gasteiger partial charge in [-0.05, 0) is 0 Å². The molecule has 0 amide bonds. The van der Waals surface area contributed by atoms with Gasteiger partial charge in [0.1, 0.15) is 0 Å². The van der Waals surface area contributed by atoms with Crippen molar-refractivity contribution < 1.29 is 19.8 Å². The average molecular weight is 195 g/mol. The van der Waals surface area contributed by atoms with Gasteiger partial charge in [-0.2, -0.15) is 0 Å². The summed E-state index contributed by atoms with van der Waals surface area (Å²) in [6.07, 6.45) is -0.593. The van der Waals surface area contributed by atoms with Gasteiger partial charge < -0.3 is 10.2 Å². The Morgan fingerprint density at radius 2 is 1.20 bits per heavy atom. The number of carboxylic acids is 2. The number of carboxylic acid groups (broad SMARTS) is 2. The summed E-state index contributed by atoms with van der Waals surface area (Å²) >= 11 is 0. The van der Waals surface area contributed by atoms with Crippen molar-refractivity contribution >= 4 is 75.7 Å². The van der Waals surface area contributed by atoms with Crippen molar-refractivity contribution in [3.05, 3.63) is 0 Å². The molecule has 0 aromatic rings. The van der Waals surface area contributed by atoms with E-state index in [2.05, 4.69) is 0 Å². The molecule has 0 fully saturated rings. The summed E-state index contributed by atoms with van der Waals surface area (Å²) in [5.74, 6) is -2.15. The molecule has 0 spiro atoms. The molecule has 0 heterocycles. The molecule has 0 atom stereocenters. The molecule has 6 heteroatoms. The van der Waals surface area contributed by atoms with Crippen LogP contribution < -0.4 is 0 Å². The van der Waals surface area contributed by atoms with Crippen molar-refractivity contribution in [1.29, 1.82) is 0 Å². The van der Waals surface area contributed by atoms with E-state index in [-0.39, 0.29) is 76.6 Å². The first-order chi connectivity index (χ1) is 3.63. The van der Waals surface area contributed by atoms with Gasteiger partial charge in [-0.15, -0.1) is 12.4 Å². The molecule has 0 aliphatic carbocycles. The maximum atomic E-state index is 9.64. The molecule has 0 unspecified atom stereocenters. The van der Waals surface area contributed by atoms with Crippen LogP contribution in [-0.4, -0.2) is 73.5 Å². The van der Waals surface area contributed by atoms with E-state index in [1.165, 1.54) is 0 Å². The summed E-state index contributed by atoms with van der Waals surface area (Å²) in [5, 5.41) is 15.8. The first-order valence-electron chi connectivity index (χ1n) is 2.06. The van der Waals surface area contributed by atoms with Crippen molar-refractivity contribution in [2.75, 3.05) is 0 Å². The fraction of sp³-hybridized carbons (Fsp3) is 0.500. The second-order valence-electron chi connectivity index (χ2n) is 1.29. The van der Waals surface area contributed by atoms with Gasteiger partial charge in [0.15, 0.2) is 0 Å². The van der Waals surface area contributed by atoms with Crippen molar-refractivity contribution in [3.8, 4) is 0 Å². The summed E-state index contributed by atoms with van der Waals surface area (Å²) in [6, 6.07) is 0. The number of carbonyl (C=O) groups is 2. The molecule has 10 heavy (non-hydrogen) atoms. The van der Waals surface area contributed by atoms with Crippen LogP contribution in [0.2, 0.25) is 0 Å². The molecular weight excluding hydrogens is 187 g/mol. The van der Waals surface area contributed by atoms with Gasteiger partial charge in [-0.25, -0.2) is 0 Å². The zero-order valence-corrected chi connectivity index (χ0v) is 5.35. The van der Waals surface area contributed by atoms with Gasteiger partial charge in [0.05, 0.1) is 12.8 Å². The molecule has 0 radical (unpaired) electrons. The Kier molecular flexibility index (Phi) is 16.9. The van der Waals surface area contributed by atoms with Crippen molar-refractivity contribution in [1.82, 2.24) is 0 Å². The Labute approximate surface area is 107 Å². The summed E-state index contributed by atoms with van der Waals surface area (Å²) < 4.78 is 0. The van der Waals surface area contributed by atoms with Gasteiger partial charge in [0.2, 0.25) is 0 Å². The predicted octanol–water partition coefficient (Wildman–Crippen LogP) is -0.291. The number of rotatable bonds is 3. The molecule has 0 saturated carbocycles. The normalized spacial score (nSPS) is 6.80. The second kappa shape index (κ2) is 9.87. The number of hydrogen-bond acceptors (Lipinski definition) is 2. The van der Waals surface area contributed by atoms with Crippen LogP contribution >= 0.6 is 12.4 Å². The molecular formula is C4H8ClKO4. The van der Waals surface area contributed by atoms with Crippen LogP contribution in [0.15, 0.2) is 0 Å². The molecule has 0 aromatic carbocycles. The number of aliphatic carboxylic acids is 2. The molecule has 0 bridgehead atoms. The third-order valence-electron chi connectivity index (χ3n) is 0.553. The van der Waals surface area contributed by atoms with Crippen LogP contribution in [0.25, 0.3) is 0 Å². The minimum atomic E-state index is -1.08. The SMILES string of the molecule is Cl.O=C(O)CCC(=O)O.[KH]. The third kappa shape index (κ3) is 15.9. The first kappa shape index (κ1) is 17.1. The summed E-state index contributed by atoms with van der Waals surface area (Å²) in [4.78, 5) is 19.3. The van der Waals surface area contributed by atoms with Crippen LogP contribution in [0.1, 0.15) is 12.8 Å². The number of hydrogen-bond donors (Lipinski definition) is 2. The van der Waals surface area contributed by atoms with E-state index in [1.54, 1.807) is 0 Å². The zero-order valence-electron chi connectivity index (χ0n) is 4.53. The van der Waals surface area contributed by atoms with Gasteiger partial charge in [-0.3, -0.25) is 9.59 Å². The van der Waals surface area contributed by atoms with Crippen LogP contribution in [0.4, 0.5) is 0 Å². The van der Waals surface area contributed by atoms with E-state index >= 15 is 0 Å². The van der Waals surface area contributed by atoms with Crippen molar-refractivity contribution in [3.63, 3.8) is 0 Å². The molecule has 0 saturated heterocycles. The van der Waals surface area contributed by atoms with E-state index in [4.69, 9.17) is 10.2 Å². The van der Waals surface area contributed by atoms with E-state index in [0.717, 1.165) is 0 Å². The van der Waals surface area contributed by atoms with Crippen molar-refractivity contribution in [2.45, 2.75) is 12.8 Å². The van der Waals surface area contributed by atoms with Gasteiger partial charge in [0.25, 0.3) is 0 Å². The van der Waals surface area contributed by atoms with Gasteiger partial charge in [0, 0.05) is 0 Å². The summed E-state index contributed by atoms with van der Waals surface area (Å²) in [5.41, 5.74) is 0. The third-order valence-corrected chi connectivity index (χ3v) is 0.553. The second-order valence-corrected chi connectivity index (χ2v) is 1.29. The van der Waals surface area contributed by atoms with Crippen LogP contribution in [0.3, 0.4) is 0 Å². The van der Waals surface area contributed by atoms with E-state index in [1.807, 2.05) is 0 Å². The summed E-state index contributed by atoms with van der Waals surface area (Å²) in [6.45, 7) is 0. The first-order valence-corrected chi connectivity index (χ1v) is 2.06. The zero-order chi connectivity index (χ0) is 6.57. The fourth-order valence-corrected chi connectivity index (χ4v) is 0.214. The molecule has 0 aromatic heterocycles. The van der Waals surface area contributed by atoms with Gasteiger partial charge >= 0.3 is 63.3 Å². The predicted molar refractivity (Wildman–Crippen MR) is 38.9 cm³/mol. The molecule has 56 valence electrons. The Morgan fingerprint density at radius 3 is 1.30 bits per heavy atom. The van der Waals surface area contributed by atoms with Gasteiger partial charge in [-0.1, -0.05) is 0 Å². The molecule has 2 N–H and O–H groups in total. The molecule has 0 rings (SSSR count). The Balaban J connectivity index is -0.000000245. The fourth-order valence-electron chi connectivity index (χ4n) is 0.214. The minimum absolute atomic E-state index is 0. The average Bonchev–Trinajstić information content (AvgIpc) is 1.61. The molecule has 0 aliphatic heterocycles. The Morgan fingerprint density at radius 1 is 1.00 bits per heavy atom. The topological polar surface area (TPSA) is 74.6 Å². The number of halogens is 1. The maximum absolute atomic E-state index is 9.64. The van der Waals surface area contributed by atoms with E-state index in [9.17, 15) is 9.59 Å².